The van der Waals surface area contributed by atoms with Crippen molar-refractivity contribution >= 4 is 5.82 Å². The Morgan fingerprint density at radius 2 is 2.12 bits per heavy atom. The fraction of sp³-hybridized carbons (Fsp3) is 0.182. The summed E-state index contributed by atoms with van der Waals surface area (Å²) < 4.78 is 0. The number of aromatic amines is 1. The van der Waals surface area contributed by atoms with Crippen LogP contribution in [-0.4, -0.2) is 27.0 Å². The van der Waals surface area contributed by atoms with Crippen molar-refractivity contribution in [2.24, 2.45) is 0 Å². The monoisotopic (exact) mass is 219 g/mol. The molecule has 0 radical (unpaired) electrons. The zero-order valence-corrected chi connectivity index (χ0v) is 8.59. The standard InChI is InChI=1S/C11H13N3O2/c12-11-5-9(13-14-11)7-3-1-2-4-8(7)10(16)6-15/h1-5,10,15-16H,6H2,(H3,12,13,14). The molecule has 1 atom stereocenters. The smallest absolute Gasteiger partial charge is 0.145 e. The number of benzene rings is 1. The molecular formula is C11H13N3O2. The van der Waals surface area contributed by atoms with Gasteiger partial charge in [-0.3, -0.25) is 5.10 Å². The van der Waals surface area contributed by atoms with E-state index in [1.807, 2.05) is 12.1 Å². The van der Waals surface area contributed by atoms with Crippen LogP contribution in [0.5, 0.6) is 0 Å². The lowest BCUT2D eigenvalue weighted by Crippen LogP contribution is -2.04. The van der Waals surface area contributed by atoms with Crippen LogP contribution in [0.2, 0.25) is 0 Å². The summed E-state index contributed by atoms with van der Waals surface area (Å²) in [6.07, 6.45) is -0.902. The molecule has 1 heterocycles. The number of hydrogen-bond donors (Lipinski definition) is 4. The summed E-state index contributed by atoms with van der Waals surface area (Å²) in [5.41, 5.74) is 7.68. The maximum absolute atomic E-state index is 9.66. The molecule has 1 aromatic heterocycles. The molecule has 0 aliphatic rings. The quantitative estimate of drug-likeness (QED) is 0.610. The van der Waals surface area contributed by atoms with Crippen LogP contribution in [0.15, 0.2) is 30.3 Å². The van der Waals surface area contributed by atoms with Crippen LogP contribution in [0.4, 0.5) is 5.82 Å². The summed E-state index contributed by atoms with van der Waals surface area (Å²) >= 11 is 0. The number of H-pyrrole nitrogens is 1. The fourth-order valence-corrected chi connectivity index (χ4v) is 1.61. The number of aliphatic hydroxyl groups is 2. The van der Waals surface area contributed by atoms with E-state index in [4.69, 9.17) is 10.8 Å². The van der Waals surface area contributed by atoms with Crippen molar-refractivity contribution in [3.8, 4) is 11.3 Å². The summed E-state index contributed by atoms with van der Waals surface area (Å²) in [6.45, 7) is -0.319. The predicted octanol–water partition coefficient (Wildman–Crippen LogP) is 0.685. The van der Waals surface area contributed by atoms with Crippen molar-refractivity contribution in [1.82, 2.24) is 10.2 Å². The molecule has 0 spiro atoms. The lowest BCUT2D eigenvalue weighted by molar-refractivity contribution is 0.0960. The minimum Gasteiger partial charge on any atom is -0.393 e. The van der Waals surface area contributed by atoms with Gasteiger partial charge in [-0.15, -0.1) is 0 Å². The minimum atomic E-state index is -0.902. The second-order valence-corrected chi connectivity index (χ2v) is 3.49. The largest absolute Gasteiger partial charge is 0.393 e. The van der Waals surface area contributed by atoms with E-state index in [9.17, 15) is 5.11 Å². The molecule has 5 nitrogen and oxygen atoms in total. The van der Waals surface area contributed by atoms with E-state index in [-0.39, 0.29) is 6.61 Å². The molecule has 0 aliphatic heterocycles. The first-order chi connectivity index (χ1) is 7.72. The molecular weight excluding hydrogens is 206 g/mol. The number of hydrogen-bond acceptors (Lipinski definition) is 4. The second kappa shape index (κ2) is 4.34. The molecule has 84 valence electrons. The van der Waals surface area contributed by atoms with Crippen molar-refractivity contribution in [2.75, 3.05) is 12.3 Å². The Kier molecular flexibility index (Phi) is 2.89. The summed E-state index contributed by atoms with van der Waals surface area (Å²) in [6, 6.07) is 8.93. The number of nitrogen functional groups attached to an aromatic ring is 1. The topological polar surface area (TPSA) is 95.2 Å². The summed E-state index contributed by atoms with van der Waals surface area (Å²) in [5, 5.41) is 25.2. The van der Waals surface area contributed by atoms with Gasteiger partial charge in [0.2, 0.25) is 0 Å². The van der Waals surface area contributed by atoms with Crippen molar-refractivity contribution in [3.63, 3.8) is 0 Å². The second-order valence-electron chi connectivity index (χ2n) is 3.49. The normalized spacial score (nSPS) is 12.6. The zero-order valence-electron chi connectivity index (χ0n) is 8.59. The van der Waals surface area contributed by atoms with E-state index in [0.29, 0.717) is 11.4 Å². The van der Waals surface area contributed by atoms with Gasteiger partial charge in [-0.25, -0.2) is 0 Å². The van der Waals surface area contributed by atoms with Gasteiger partial charge < -0.3 is 15.9 Å². The van der Waals surface area contributed by atoms with E-state index >= 15 is 0 Å². The van der Waals surface area contributed by atoms with Gasteiger partial charge in [0.15, 0.2) is 0 Å². The molecule has 0 bridgehead atoms. The van der Waals surface area contributed by atoms with Gasteiger partial charge in [0.1, 0.15) is 11.9 Å². The molecule has 1 aromatic carbocycles. The molecule has 0 aliphatic carbocycles. The summed E-state index contributed by atoms with van der Waals surface area (Å²) in [7, 11) is 0. The molecule has 0 saturated carbocycles. The number of nitrogens with zero attached hydrogens (tertiary/aromatic N) is 1. The van der Waals surface area contributed by atoms with Crippen molar-refractivity contribution in [3.05, 3.63) is 35.9 Å². The van der Waals surface area contributed by atoms with E-state index in [0.717, 1.165) is 11.3 Å². The van der Waals surface area contributed by atoms with Gasteiger partial charge in [-0.05, 0) is 5.56 Å². The van der Waals surface area contributed by atoms with E-state index in [1.165, 1.54) is 0 Å². The number of nitrogens with two attached hydrogens (primary N) is 1. The highest BCUT2D eigenvalue weighted by Gasteiger charge is 2.13. The maximum Gasteiger partial charge on any atom is 0.145 e. The highest BCUT2D eigenvalue weighted by molar-refractivity contribution is 5.66. The molecule has 2 aromatic rings. The average molecular weight is 219 g/mol. The lowest BCUT2D eigenvalue weighted by Gasteiger charge is -2.11. The number of nitrogens with one attached hydrogen (secondary N) is 1. The molecule has 1 unspecified atom stereocenters. The van der Waals surface area contributed by atoms with Crippen LogP contribution in [0.1, 0.15) is 11.7 Å². The van der Waals surface area contributed by atoms with Crippen molar-refractivity contribution < 1.29 is 10.2 Å². The van der Waals surface area contributed by atoms with Gasteiger partial charge in [-0.1, -0.05) is 24.3 Å². The highest BCUT2D eigenvalue weighted by atomic mass is 16.3. The molecule has 0 fully saturated rings. The van der Waals surface area contributed by atoms with Crippen LogP contribution in [0.25, 0.3) is 11.3 Å². The Hall–Kier alpha value is -1.85. The van der Waals surface area contributed by atoms with Crippen LogP contribution >= 0.6 is 0 Å². The van der Waals surface area contributed by atoms with E-state index in [2.05, 4.69) is 10.2 Å². The Balaban J connectivity index is 2.48. The Morgan fingerprint density at radius 1 is 1.38 bits per heavy atom. The molecule has 16 heavy (non-hydrogen) atoms. The first-order valence-electron chi connectivity index (χ1n) is 4.91. The van der Waals surface area contributed by atoms with Gasteiger partial charge in [0.05, 0.1) is 12.3 Å². The number of anilines is 1. The first-order valence-corrected chi connectivity index (χ1v) is 4.91. The number of rotatable bonds is 3. The van der Waals surface area contributed by atoms with Gasteiger partial charge in [-0.2, -0.15) is 5.10 Å². The fourth-order valence-electron chi connectivity index (χ4n) is 1.61. The minimum absolute atomic E-state index is 0.319. The summed E-state index contributed by atoms with van der Waals surface area (Å²) in [4.78, 5) is 0. The van der Waals surface area contributed by atoms with Crippen molar-refractivity contribution in [2.45, 2.75) is 6.10 Å². The number of aromatic nitrogens is 2. The summed E-state index contributed by atoms with van der Waals surface area (Å²) in [5.74, 6) is 0.392. The Labute approximate surface area is 92.5 Å². The molecule has 0 saturated heterocycles. The molecule has 0 amide bonds. The van der Waals surface area contributed by atoms with Gasteiger partial charge in [0, 0.05) is 11.6 Å². The maximum atomic E-state index is 9.66. The Morgan fingerprint density at radius 3 is 2.75 bits per heavy atom. The first kappa shape index (κ1) is 10.7. The van der Waals surface area contributed by atoms with Gasteiger partial charge >= 0.3 is 0 Å². The molecule has 2 rings (SSSR count). The molecule has 5 heteroatoms. The van der Waals surface area contributed by atoms with Crippen LogP contribution < -0.4 is 5.73 Å². The van der Waals surface area contributed by atoms with Crippen LogP contribution in [0, 0.1) is 0 Å². The Bertz CT molecular complexity index is 482. The van der Waals surface area contributed by atoms with Crippen LogP contribution in [0.3, 0.4) is 0 Å². The number of aliphatic hydroxyl groups excluding tert-OH is 2. The highest BCUT2D eigenvalue weighted by Crippen LogP contribution is 2.27. The average Bonchev–Trinajstić information content (AvgIpc) is 2.75. The van der Waals surface area contributed by atoms with E-state index in [1.54, 1.807) is 18.2 Å². The lowest BCUT2D eigenvalue weighted by atomic mass is 10.0. The predicted molar refractivity (Wildman–Crippen MR) is 60.5 cm³/mol. The third-order valence-corrected chi connectivity index (χ3v) is 2.38. The third-order valence-electron chi connectivity index (χ3n) is 2.38. The molecule has 5 N–H and O–H groups in total. The zero-order chi connectivity index (χ0) is 11.5. The van der Waals surface area contributed by atoms with E-state index < -0.39 is 6.10 Å². The van der Waals surface area contributed by atoms with Gasteiger partial charge in [0.25, 0.3) is 0 Å². The third kappa shape index (κ3) is 1.91. The van der Waals surface area contributed by atoms with Crippen molar-refractivity contribution in [1.29, 1.82) is 0 Å². The van der Waals surface area contributed by atoms with Crippen LogP contribution in [-0.2, 0) is 0 Å². The SMILES string of the molecule is Nc1cc(-c2ccccc2C(O)CO)[nH]n1.